The number of ether oxygens (including phenoxy) is 1. The number of hydrogen-bond donors (Lipinski definition) is 1. The Morgan fingerprint density at radius 3 is 3.12 bits per heavy atom. The average molecular weight is 286 g/mol. The van der Waals surface area contributed by atoms with Crippen molar-refractivity contribution < 1.29 is 4.74 Å². The van der Waals surface area contributed by atoms with Gasteiger partial charge in [-0.05, 0) is 28.4 Å². The normalized spacial score (nSPS) is 17.2. The van der Waals surface area contributed by atoms with Gasteiger partial charge in [0.2, 0.25) is 0 Å². The van der Waals surface area contributed by atoms with Crippen molar-refractivity contribution >= 4 is 21.7 Å². The lowest BCUT2D eigenvalue weighted by molar-refractivity contribution is 0.152. The molecule has 16 heavy (non-hydrogen) atoms. The van der Waals surface area contributed by atoms with Crippen LogP contribution in [0.4, 0.5) is 5.82 Å². The Morgan fingerprint density at radius 1 is 1.44 bits per heavy atom. The van der Waals surface area contributed by atoms with Crippen LogP contribution < -0.4 is 10.6 Å². The van der Waals surface area contributed by atoms with E-state index in [0.29, 0.717) is 6.54 Å². The second-order valence-electron chi connectivity index (χ2n) is 3.79. The van der Waals surface area contributed by atoms with Crippen LogP contribution in [0.15, 0.2) is 16.7 Å². The molecule has 1 saturated heterocycles. The van der Waals surface area contributed by atoms with Crippen LogP contribution in [0, 0.1) is 0 Å². The van der Waals surface area contributed by atoms with E-state index >= 15 is 0 Å². The van der Waals surface area contributed by atoms with Crippen molar-refractivity contribution in [2.24, 2.45) is 5.73 Å². The third kappa shape index (κ3) is 2.72. The number of pyridine rings is 1. The van der Waals surface area contributed by atoms with E-state index in [1.807, 2.05) is 12.3 Å². The lowest BCUT2D eigenvalue weighted by atomic mass is 10.2. The molecule has 88 valence electrons. The lowest BCUT2D eigenvalue weighted by Gasteiger charge is -2.23. The van der Waals surface area contributed by atoms with E-state index in [9.17, 15) is 0 Å². The molecule has 0 atom stereocenters. The summed E-state index contributed by atoms with van der Waals surface area (Å²) >= 11 is 3.42. The standard InChI is InChI=1S/C11H16BrN3O/c12-10-6-9(7-13)11(14-8-10)15-2-1-4-16-5-3-15/h6,8H,1-5,7,13H2. The molecule has 1 aliphatic rings. The predicted molar refractivity (Wildman–Crippen MR) is 67.5 cm³/mol. The van der Waals surface area contributed by atoms with Gasteiger partial charge in [-0.25, -0.2) is 4.98 Å². The van der Waals surface area contributed by atoms with Gasteiger partial charge in [0.15, 0.2) is 0 Å². The van der Waals surface area contributed by atoms with Crippen LogP contribution in [0.3, 0.4) is 0 Å². The number of anilines is 1. The first kappa shape index (κ1) is 11.8. The molecule has 2 N–H and O–H groups in total. The van der Waals surface area contributed by atoms with Crippen LogP contribution in [-0.2, 0) is 11.3 Å². The number of nitrogens with zero attached hydrogens (tertiary/aromatic N) is 2. The molecule has 4 nitrogen and oxygen atoms in total. The van der Waals surface area contributed by atoms with Gasteiger partial charge < -0.3 is 15.4 Å². The smallest absolute Gasteiger partial charge is 0.133 e. The summed E-state index contributed by atoms with van der Waals surface area (Å²) in [4.78, 5) is 6.71. The molecule has 1 fully saturated rings. The summed E-state index contributed by atoms with van der Waals surface area (Å²) in [6.45, 7) is 4.00. The molecule has 0 unspecified atom stereocenters. The first-order valence-corrected chi connectivity index (χ1v) is 6.28. The van der Waals surface area contributed by atoms with Crippen LogP contribution >= 0.6 is 15.9 Å². The quantitative estimate of drug-likeness (QED) is 0.895. The van der Waals surface area contributed by atoms with E-state index in [2.05, 4.69) is 25.8 Å². The summed E-state index contributed by atoms with van der Waals surface area (Å²) in [7, 11) is 0. The zero-order chi connectivity index (χ0) is 11.4. The molecule has 2 heterocycles. The first-order valence-electron chi connectivity index (χ1n) is 5.48. The largest absolute Gasteiger partial charge is 0.380 e. The Labute approximate surface area is 104 Å². The van der Waals surface area contributed by atoms with Gasteiger partial charge in [0.25, 0.3) is 0 Å². The molecule has 0 radical (unpaired) electrons. The summed E-state index contributed by atoms with van der Waals surface area (Å²) in [5, 5.41) is 0. The number of rotatable bonds is 2. The van der Waals surface area contributed by atoms with E-state index in [1.54, 1.807) is 0 Å². The molecule has 5 heteroatoms. The van der Waals surface area contributed by atoms with E-state index in [4.69, 9.17) is 10.5 Å². The average Bonchev–Trinajstić information content (AvgIpc) is 2.57. The van der Waals surface area contributed by atoms with Gasteiger partial charge >= 0.3 is 0 Å². The highest BCUT2D eigenvalue weighted by atomic mass is 79.9. The second-order valence-corrected chi connectivity index (χ2v) is 4.71. The summed E-state index contributed by atoms with van der Waals surface area (Å²) in [6, 6.07) is 2.04. The Bertz CT molecular complexity index is 351. The maximum atomic E-state index is 5.75. The maximum absolute atomic E-state index is 5.75. The van der Waals surface area contributed by atoms with Gasteiger partial charge in [0.1, 0.15) is 5.82 Å². The van der Waals surface area contributed by atoms with Crippen molar-refractivity contribution in [1.82, 2.24) is 4.98 Å². The predicted octanol–water partition coefficient (Wildman–Crippen LogP) is 1.53. The molecule has 1 aromatic rings. The first-order chi connectivity index (χ1) is 7.81. The summed E-state index contributed by atoms with van der Waals surface area (Å²) < 4.78 is 6.41. The maximum Gasteiger partial charge on any atom is 0.133 e. The minimum Gasteiger partial charge on any atom is -0.380 e. The van der Waals surface area contributed by atoms with Crippen molar-refractivity contribution in [3.05, 3.63) is 22.3 Å². The number of halogens is 1. The van der Waals surface area contributed by atoms with E-state index in [-0.39, 0.29) is 0 Å². The molecule has 1 aromatic heterocycles. The highest BCUT2D eigenvalue weighted by molar-refractivity contribution is 9.10. The second kappa shape index (κ2) is 5.61. The fourth-order valence-corrected chi connectivity index (χ4v) is 2.25. The van der Waals surface area contributed by atoms with Gasteiger partial charge in [0.05, 0.1) is 6.61 Å². The zero-order valence-corrected chi connectivity index (χ0v) is 10.7. The minimum absolute atomic E-state index is 0.513. The fourth-order valence-electron chi connectivity index (χ4n) is 1.87. The molecule has 2 rings (SSSR count). The van der Waals surface area contributed by atoms with Crippen molar-refractivity contribution in [3.63, 3.8) is 0 Å². The lowest BCUT2D eigenvalue weighted by Crippen LogP contribution is -2.28. The summed E-state index contributed by atoms with van der Waals surface area (Å²) in [5.41, 5.74) is 6.83. The van der Waals surface area contributed by atoms with E-state index < -0.39 is 0 Å². The van der Waals surface area contributed by atoms with Crippen LogP contribution in [-0.4, -0.2) is 31.3 Å². The number of nitrogens with two attached hydrogens (primary N) is 1. The third-order valence-corrected chi connectivity index (χ3v) is 3.08. The number of aromatic nitrogens is 1. The summed E-state index contributed by atoms with van der Waals surface area (Å²) in [5.74, 6) is 0.996. The molecule has 0 amide bonds. The molecule has 0 bridgehead atoms. The molecular weight excluding hydrogens is 270 g/mol. The molecule has 0 saturated carbocycles. The number of hydrogen-bond acceptors (Lipinski definition) is 4. The van der Waals surface area contributed by atoms with Crippen molar-refractivity contribution in [1.29, 1.82) is 0 Å². The van der Waals surface area contributed by atoms with Crippen molar-refractivity contribution in [2.45, 2.75) is 13.0 Å². The fraction of sp³-hybridized carbons (Fsp3) is 0.545. The highest BCUT2D eigenvalue weighted by Gasteiger charge is 2.14. The van der Waals surface area contributed by atoms with Crippen LogP contribution in [0.1, 0.15) is 12.0 Å². The Morgan fingerprint density at radius 2 is 2.31 bits per heavy atom. The van der Waals surface area contributed by atoms with Crippen molar-refractivity contribution in [2.75, 3.05) is 31.2 Å². The molecule has 0 aliphatic carbocycles. The van der Waals surface area contributed by atoms with Gasteiger partial charge in [0, 0.05) is 42.5 Å². The van der Waals surface area contributed by atoms with Gasteiger partial charge in [-0.1, -0.05) is 0 Å². The van der Waals surface area contributed by atoms with Crippen LogP contribution in [0.2, 0.25) is 0 Å². The van der Waals surface area contributed by atoms with Crippen molar-refractivity contribution in [3.8, 4) is 0 Å². The highest BCUT2D eigenvalue weighted by Crippen LogP contribution is 2.22. The van der Waals surface area contributed by atoms with E-state index in [0.717, 1.165) is 48.6 Å². The molecular formula is C11H16BrN3O. The molecule has 0 aromatic carbocycles. The topological polar surface area (TPSA) is 51.4 Å². The Hall–Kier alpha value is -0.650. The molecule has 0 spiro atoms. The van der Waals surface area contributed by atoms with Crippen LogP contribution in [0.5, 0.6) is 0 Å². The van der Waals surface area contributed by atoms with Gasteiger partial charge in [-0.15, -0.1) is 0 Å². The summed E-state index contributed by atoms with van der Waals surface area (Å²) in [6.07, 6.45) is 2.86. The van der Waals surface area contributed by atoms with E-state index in [1.165, 1.54) is 0 Å². The van der Waals surface area contributed by atoms with Crippen LogP contribution in [0.25, 0.3) is 0 Å². The monoisotopic (exact) mass is 285 g/mol. The Kier molecular flexibility index (Phi) is 4.15. The van der Waals surface area contributed by atoms with Gasteiger partial charge in [-0.2, -0.15) is 0 Å². The Balaban J connectivity index is 2.23. The minimum atomic E-state index is 0.513. The SMILES string of the molecule is NCc1cc(Br)cnc1N1CCCOCC1. The van der Waals surface area contributed by atoms with Gasteiger partial charge in [-0.3, -0.25) is 0 Å². The third-order valence-electron chi connectivity index (χ3n) is 2.65. The molecule has 1 aliphatic heterocycles. The zero-order valence-electron chi connectivity index (χ0n) is 9.16.